The zero-order valence-electron chi connectivity index (χ0n) is 11.7. The van der Waals surface area contributed by atoms with E-state index in [4.69, 9.17) is 0 Å². The van der Waals surface area contributed by atoms with Crippen molar-refractivity contribution in [2.24, 2.45) is 29.6 Å². The van der Waals surface area contributed by atoms with Crippen LogP contribution in [0.15, 0.2) is 12.2 Å². The lowest BCUT2D eigenvalue weighted by Gasteiger charge is -2.25. The predicted octanol–water partition coefficient (Wildman–Crippen LogP) is 1.29. The van der Waals surface area contributed by atoms with E-state index in [2.05, 4.69) is 0 Å². The highest BCUT2D eigenvalue weighted by molar-refractivity contribution is 6.08. The van der Waals surface area contributed by atoms with Crippen LogP contribution in [0.1, 0.15) is 26.7 Å². The van der Waals surface area contributed by atoms with E-state index in [0.717, 1.165) is 11.3 Å². The monoisotopic (exact) mass is 277 g/mol. The van der Waals surface area contributed by atoms with Crippen LogP contribution in [0.25, 0.3) is 0 Å². The number of hydrogen-bond acceptors (Lipinski definition) is 3. The van der Waals surface area contributed by atoms with Gasteiger partial charge in [-0.15, -0.1) is 0 Å². The largest absolute Gasteiger partial charge is 0.480 e. The van der Waals surface area contributed by atoms with Gasteiger partial charge in [-0.1, -0.05) is 26.0 Å². The Morgan fingerprint density at radius 2 is 1.75 bits per heavy atom. The van der Waals surface area contributed by atoms with Crippen LogP contribution in [0.3, 0.4) is 0 Å². The van der Waals surface area contributed by atoms with Gasteiger partial charge in [0.15, 0.2) is 0 Å². The molecule has 1 aliphatic heterocycles. The number of amides is 2. The molecule has 1 saturated carbocycles. The number of imide groups is 1. The molecule has 2 bridgehead atoms. The topological polar surface area (TPSA) is 74.7 Å². The van der Waals surface area contributed by atoms with E-state index >= 15 is 0 Å². The Kier molecular flexibility index (Phi) is 2.96. The van der Waals surface area contributed by atoms with Gasteiger partial charge in [-0.05, 0) is 30.6 Å². The summed E-state index contributed by atoms with van der Waals surface area (Å²) in [5.74, 6) is -1.89. The molecule has 1 saturated heterocycles. The van der Waals surface area contributed by atoms with Crippen LogP contribution in [0.5, 0.6) is 0 Å². The van der Waals surface area contributed by atoms with Crippen LogP contribution < -0.4 is 0 Å². The molecule has 5 atom stereocenters. The molecule has 20 heavy (non-hydrogen) atoms. The number of aliphatic carboxylic acids is 1. The smallest absolute Gasteiger partial charge is 0.326 e. The summed E-state index contributed by atoms with van der Waals surface area (Å²) in [4.78, 5) is 37.5. The van der Waals surface area contributed by atoms with E-state index in [1.807, 2.05) is 26.0 Å². The number of allylic oxidation sites excluding steroid dienone is 2. The standard InChI is InChI=1S/C15H19NO4/c1-7(2)5-10(15(19)20)16-13(17)11-8-3-4-9(6-8)12(11)14(16)18/h3-4,7-12H,5-6H2,1-2H3,(H,19,20)/t8-,9+,10-,11-,12+/m0/s1. The highest BCUT2D eigenvalue weighted by atomic mass is 16.4. The van der Waals surface area contributed by atoms with Crippen LogP contribution in [0.2, 0.25) is 0 Å². The number of carboxylic acid groups (broad SMARTS) is 1. The average Bonchev–Trinajstić information content (AvgIpc) is 3.01. The van der Waals surface area contributed by atoms with Gasteiger partial charge in [-0.2, -0.15) is 0 Å². The Labute approximate surface area is 117 Å². The summed E-state index contributed by atoms with van der Waals surface area (Å²) >= 11 is 0. The maximum Gasteiger partial charge on any atom is 0.326 e. The molecule has 2 aliphatic carbocycles. The maximum absolute atomic E-state index is 12.5. The van der Waals surface area contributed by atoms with E-state index in [-0.39, 0.29) is 41.4 Å². The molecule has 0 unspecified atom stereocenters. The Bertz CT molecular complexity index is 480. The van der Waals surface area contributed by atoms with Crippen molar-refractivity contribution in [3.8, 4) is 0 Å². The molecule has 5 nitrogen and oxygen atoms in total. The molecule has 0 aromatic heterocycles. The van der Waals surface area contributed by atoms with Gasteiger partial charge in [-0.25, -0.2) is 4.79 Å². The second-order valence-electron chi connectivity index (χ2n) is 6.53. The molecular weight excluding hydrogens is 258 g/mol. The van der Waals surface area contributed by atoms with Crippen molar-refractivity contribution < 1.29 is 19.5 Å². The van der Waals surface area contributed by atoms with Crippen molar-refractivity contribution >= 4 is 17.8 Å². The fourth-order valence-electron chi connectivity index (χ4n) is 4.00. The number of hydrogen-bond donors (Lipinski definition) is 1. The minimum Gasteiger partial charge on any atom is -0.480 e. The first-order valence-corrected chi connectivity index (χ1v) is 7.20. The van der Waals surface area contributed by atoms with Gasteiger partial charge in [0.2, 0.25) is 11.8 Å². The van der Waals surface area contributed by atoms with Gasteiger partial charge in [0.05, 0.1) is 11.8 Å². The fraction of sp³-hybridized carbons (Fsp3) is 0.667. The Hall–Kier alpha value is -1.65. The first-order chi connectivity index (χ1) is 9.41. The quantitative estimate of drug-likeness (QED) is 0.620. The number of carboxylic acids is 1. The Balaban J connectivity index is 1.90. The third-order valence-corrected chi connectivity index (χ3v) is 4.80. The van der Waals surface area contributed by atoms with Crippen LogP contribution in [-0.4, -0.2) is 33.8 Å². The molecule has 1 N–H and O–H groups in total. The van der Waals surface area contributed by atoms with Crippen LogP contribution in [0, 0.1) is 29.6 Å². The molecule has 0 aromatic carbocycles. The van der Waals surface area contributed by atoms with Gasteiger partial charge in [0.1, 0.15) is 6.04 Å². The summed E-state index contributed by atoms with van der Waals surface area (Å²) in [5, 5.41) is 9.37. The van der Waals surface area contributed by atoms with Gasteiger partial charge >= 0.3 is 5.97 Å². The molecule has 2 amide bonds. The number of likely N-dealkylation sites (tertiary alicyclic amines) is 1. The zero-order chi connectivity index (χ0) is 14.6. The maximum atomic E-state index is 12.5. The summed E-state index contributed by atoms with van der Waals surface area (Å²) in [7, 11) is 0. The van der Waals surface area contributed by atoms with Crippen molar-refractivity contribution in [2.45, 2.75) is 32.7 Å². The Morgan fingerprint density at radius 3 is 2.15 bits per heavy atom. The summed E-state index contributed by atoms with van der Waals surface area (Å²) in [5.41, 5.74) is 0. The second kappa shape index (κ2) is 4.43. The van der Waals surface area contributed by atoms with E-state index in [0.29, 0.717) is 6.42 Å². The first kappa shape index (κ1) is 13.3. The van der Waals surface area contributed by atoms with Crippen molar-refractivity contribution in [3.05, 3.63) is 12.2 Å². The summed E-state index contributed by atoms with van der Waals surface area (Å²) < 4.78 is 0. The van der Waals surface area contributed by atoms with Crippen LogP contribution in [0.4, 0.5) is 0 Å². The molecule has 108 valence electrons. The van der Waals surface area contributed by atoms with Gasteiger partial charge in [0.25, 0.3) is 0 Å². The third kappa shape index (κ3) is 1.72. The molecule has 3 aliphatic rings. The summed E-state index contributed by atoms with van der Waals surface area (Å²) in [6, 6.07) is -1.01. The van der Waals surface area contributed by atoms with Gasteiger partial charge in [-0.3, -0.25) is 14.5 Å². The van der Waals surface area contributed by atoms with E-state index < -0.39 is 12.0 Å². The van der Waals surface area contributed by atoms with E-state index in [1.165, 1.54) is 0 Å². The van der Waals surface area contributed by atoms with Crippen molar-refractivity contribution in [2.75, 3.05) is 0 Å². The van der Waals surface area contributed by atoms with Gasteiger partial charge in [0, 0.05) is 0 Å². The number of fused-ring (bicyclic) bond motifs is 5. The van der Waals surface area contributed by atoms with Crippen LogP contribution in [-0.2, 0) is 14.4 Å². The average molecular weight is 277 g/mol. The lowest BCUT2D eigenvalue weighted by Crippen LogP contribution is -2.47. The second-order valence-corrected chi connectivity index (χ2v) is 6.53. The SMILES string of the molecule is CC(C)C[C@@H](C(=O)O)N1C(=O)[C@@H]2[C@H](C1=O)[C@@H]1C=C[C@H]2C1. The molecule has 0 aromatic rings. The van der Waals surface area contributed by atoms with Crippen molar-refractivity contribution in [1.29, 1.82) is 0 Å². The third-order valence-electron chi connectivity index (χ3n) is 4.80. The summed E-state index contributed by atoms with van der Waals surface area (Å²) in [6.45, 7) is 3.79. The molecule has 0 spiro atoms. The van der Waals surface area contributed by atoms with Gasteiger partial charge < -0.3 is 5.11 Å². The lowest BCUT2D eigenvalue weighted by molar-refractivity contribution is -0.156. The minimum atomic E-state index is -1.08. The molecule has 1 heterocycles. The highest BCUT2D eigenvalue weighted by Gasteiger charge is 2.61. The molecular formula is C15H19NO4. The van der Waals surface area contributed by atoms with Crippen LogP contribution >= 0.6 is 0 Å². The first-order valence-electron chi connectivity index (χ1n) is 7.20. The highest BCUT2D eigenvalue weighted by Crippen LogP contribution is 2.53. The zero-order valence-corrected chi connectivity index (χ0v) is 11.7. The number of carbonyl (C=O) groups excluding carboxylic acids is 2. The van der Waals surface area contributed by atoms with E-state index in [1.54, 1.807) is 0 Å². The number of rotatable bonds is 4. The summed E-state index contributed by atoms with van der Waals surface area (Å²) in [6.07, 6.45) is 5.20. The van der Waals surface area contributed by atoms with E-state index in [9.17, 15) is 19.5 Å². The molecule has 2 fully saturated rings. The number of nitrogens with zero attached hydrogens (tertiary/aromatic N) is 1. The number of carbonyl (C=O) groups is 3. The fourth-order valence-corrected chi connectivity index (χ4v) is 4.00. The van der Waals surface area contributed by atoms with Crippen molar-refractivity contribution in [1.82, 2.24) is 4.90 Å². The molecule has 3 rings (SSSR count). The Morgan fingerprint density at radius 1 is 1.25 bits per heavy atom. The minimum absolute atomic E-state index is 0.118. The predicted molar refractivity (Wildman–Crippen MR) is 70.4 cm³/mol. The lowest BCUT2D eigenvalue weighted by atomic mass is 9.85. The van der Waals surface area contributed by atoms with Crippen molar-refractivity contribution in [3.63, 3.8) is 0 Å². The molecule has 0 radical (unpaired) electrons. The molecule has 5 heteroatoms. The normalized spacial score (nSPS) is 36.0.